The van der Waals surface area contributed by atoms with Gasteiger partial charge in [0, 0.05) is 18.9 Å². The van der Waals surface area contributed by atoms with Gasteiger partial charge in [-0.2, -0.15) is 0 Å². The Kier molecular flexibility index (Phi) is 7.44. The van der Waals surface area contributed by atoms with Crippen LogP contribution in [-0.2, 0) is 20.7 Å². The highest BCUT2D eigenvalue weighted by atomic mass is 16.7. The van der Waals surface area contributed by atoms with E-state index in [1.807, 2.05) is 24.3 Å². The number of aliphatic carboxylic acids is 1. The molecule has 0 bridgehead atoms. The molecule has 0 spiro atoms. The van der Waals surface area contributed by atoms with Gasteiger partial charge in [-0.1, -0.05) is 42.5 Å². The third-order valence-corrected chi connectivity index (χ3v) is 5.57. The molecule has 27 heavy (non-hydrogen) atoms. The summed E-state index contributed by atoms with van der Waals surface area (Å²) in [6.45, 7) is 0.738. The van der Waals surface area contributed by atoms with Crippen LogP contribution in [0.15, 0.2) is 42.5 Å². The molecule has 5 nitrogen and oxygen atoms in total. The lowest BCUT2D eigenvalue weighted by Gasteiger charge is -2.27. The Morgan fingerprint density at radius 3 is 2.74 bits per heavy atom. The van der Waals surface area contributed by atoms with Crippen LogP contribution in [0, 0.1) is 11.8 Å². The molecular formula is C22H30O5. The summed E-state index contributed by atoms with van der Waals surface area (Å²) in [6, 6.07) is 10.2. The largest absolute Gasteiger partial charge is 0.481 e. The summed E-state index contributed by atoms with van der Waals surface area (Å²) in [7, 11) is 0. The second kappa shape index (κ2) is 10.0. The lowest BCUT2D eigenvalue weighted by Crippen LogP contribution is -2.28. The van der Waals surface area contributed by atoms with Gasteiger partial charge in [0.1, 0.15) is 0 Å². The molecule has 0 aromatic heterocycles. The Balaban J connectivity index is 1.67. The maximum Gasteiger partial charge on any atom is 0.303 e. The number of benzene rings is 1. The number of hydrogen-bond acceptors (Lipinski definition) is 4. The van der Waals surface area contributed by atoms with Gasteiger partial charge in [0.15, 0.2) is 6.29 Å². The van der Waals surface area contributed by atoms with Gasteiger partial charge in [0.2, 0.25) is 0 Å². The smallest absolute Gasteiger partial charge is 0.303 e. The normalized spacial score (nSPS) is 29.8. The van der Waals surface area contributed by atoms with Crippen molar-refractivity contribution in [2.24, 2.45) is 11.8 Å². The fourth-order valence-electron chi connectivity index (χ4n) is 4.09. The summed E-state index contributed by atoms with van der Waals surface area (Å²) in [6.07, 6.45) is 8.58. The zero-order chi connectivity index (χ0) is 19.1. The molecule has 2 N–H and O–H groups in total. The molecule has 0 amide bonds. The molecule has 1 saturated heterocycles. The number of carbonyl (C=O) groups is 1. The van der Waals surface area contributed by atoms with E-state index in [1.165, 1.54) is 5.56 Å². The van der Waals surface area contributed by atoms with Crippen molar-refractivity contribution < 1.29 is 24.5 Å². The summed E-state index contributed by atoms with van der Waals surface area (Å²) in [5, 5.41) is 19.2. The third-order valence-electron chi connectivity index (χ3n) is 5.57. The van der Waals surface area contributed by atoms with Crippen LogP contribution in [0.4, 0.5) is 0 Å². The second-order valence-corrected chi connectivity index (χ2v) is 7.62. The highest BCUT2D eigenvalue weighted by Gasteiger charge is 2.35. The van der Waals surface area contributed by atoms with Crippen molar-refractivity contribution in [3.8, 4) is 0 Å². The Morgan fingerprint density at radius 1 is 1.22 bits per heavy atom. The van der Waals surface area contributed by atoms with E-state index in [0.29, 0.717) is 6.42 Å². The number of carboxylic acid groups (broad SMARTS) is 1. The van der Waals surface area contributed by atoms with E-state index in [9.17, 15) is 9.90 Å². The van der Waals surface area contributed by atoms with Gasteiger partial charge in [0.05, 0.1) is 18.6 Å². The molecule has 0 radical (unpaired) electrons. The first kappa shape index (κ1) is 20.1. The van der Waals surface area contributed by atoms with Crippen molar-refractivity contribution in [1.82, 2.24) is 0 Å². The summed E-state index contributed by atoms with van der Waals surface area (Å²) in [4.78, 5) is 11.1. The first-order chi connectivity index (χ1) is 13.1. The molecule has 148 valence electrons. The third kappa shape index (κ3) is 6.16. The average molecular weight is 374 g/mol. The maximum absolute atomic E-state index is 11.1. The summed E-state index contributed by atoms with van der Waals surface area (Å²) >= 11 is 0. The van der Waals surface area contributed by atoms with Crippen molar-refractivity contribution in [2.45, 2.75) is 63.4 Å². The van der Waals surface area contributed by atoms with Crippen molar-refractivity contribution in [1.29, 1.82) is 0 Å². The van der Waals surface area contributed by atoms with Crippen LogP contribution in [-0.4, -0.2) is 41.3 Å². The van der Waals surface area contributed by atoms with Crippen LogP contribution in [0.1, 0.15) is 44.1 Å². The zero-order valence-corrected chi connectivity index (χ0v) is 15.7. The molecule has 1 heterocycles. The van der Waals surface area contributed by atoms with Gasteiger partial charge in [-0.15, -0.1) is 0 Å². The Hall–Kier alpha value is -1.69. The molecule has 2 aliphatic rings. The monoisotopic (exact) mass is 374 g/mol. The average Bonchev–Trinajstić information content (AvgIpc) is 3.01. The SMILES string of the molecule is O=C(O)C[C@H]1[C@@H](O)CC[C@@H]1C=CC(Cc1ccccc1)OC1CCCCO1. The van der Waals surface area contributed by atoms with Gasteiger partial charge >= 0.3 is 5.97 Å². The van der Waals surface area contributed by atoms with Crippen molar-refractivity contribution in [2.75, 3.05) is 6.61 Å². The van der Waals surface area contributed by atoms with Crippen molar-refractivity contribution in [3.05, 3.63) is 48.0 Å². The molecule has 1 aromatic carbocycles. The standard InChI is InChI=1S/C22H30O5/c23-20-12-10-17(19(20)15-21(24)25)9-11-18(14-16-6-2-1-3-7-16)27-22-8-4-5-13-26-22/h1-3,6-7,9,11,17-20,22-23H,4-5,8,10,12-15H2,(H,24,25)/t17-,18?,19+,20-,22?/m0/s1. The van der Waals surface area contributed by atoms with E-state index in [0.717, 1.165) is 38.7 Å². The molecule has 5 atom stereocenters. The van der Waals surface area contributed by atoms with Gasteiger partial charge in [-0.3, -0.25) is 4.79 Å². The van der Waals surface area contributed by atoms with Gasteiger partial charge in [-0.05, 0) is 43.6 Å². The van der Waals surface area contributed by atoms with Gasteiger partial charge in [0.25, 0.3) is 0 Å². The lowest BCUT2D eigenvalue weighted by molar-refractivity contribution is -0.178. The number of carboxylic acids is 1. The predicted molar refractivity (Wildman–Crippen MR) is 102 cm³/mol. The first-order valence-electron chi connectivity index (χ1n) is 10.0. The maximum atomic E-state index is 11.1. The molecular weight excluding hydrogens is 344 g/mol. The topological polar surface area (TPSA) is 76.0 Å². The minimum atomic E-state index is -0.855. The van der Waals surface area contributed by atoms with E-state index in [-0.39, 0.29) is 30.7 Å². The molecule has 1 aromatic rings. The quantitative estimate of drug-likeness (QED) is 0.681. The van der Waals surface area contributed by atoms with Crippen molar-refractivity contribution in [3.63, 3.8) is 0 Å². The van der Waals surface area contributed by atoms with Crippen LogP contribution in [0.3, 0.4) is 0 Å². The van der Waals surface area contributed by atoms with E-state index >= 15 is 0 Å². The van der Waals surface area contributed by atoms with E-state index in [2.05, 4.69) is 18.2 Å². The molecule has 2 unspecified atom stereocenters. The number of allylic oxidation sites excluding steroid dienone is 1. The highest BCUT2D eigenvalue weighted by molar-refractivity contribution is 5.67. The summed E-state index contributed by atoms with van der Waals surface area (Å²) < 4.78 is 11.9. The van der Waals surface area contributed by atoms with Gasteiger partial charge < -0.3 is 19.7 Å². The molecule has 1 aliphatic heterocycles. The van der Waals surface area contributed by atoms with Crippen molar-refractivity contribution >= 4 is 5.97 Å². The van der Waals surface area contributed by atoms with Crippen LogP contribution in [0.5, 0.6) is 0 Å². The van der Waals surface area contributed by atoms with Crippen LogP contribution in [0.25, 0.3) is 0 Å². The fraction of sp³-hybridized carbons (Fsp3) is 0.591. The van der Waals surface area contributed by atoms with Crippen LogP contribution >= 0.6 is 0 Å². The number of rotatable bonds is 8. The molecule has 3 rings (SSSR count). The minimum absolute atomic E-state index is 0.00607. The number of hydrogen-bond donors (Lipinski definition) is 2. The van der Waals surface area contributed by atoms with Crippen LogP contribution in [0.2, 0.25) is 0 Å². The minimum Gasteiger partial charge on any atom is -0.481 e. The fourth-order valence-corrected chi connectivity index (χ4v) is 4.09. The Bertz CT molecular complexity index is 608. The number of aliphatic hydroxyl groups excluding tert-OH is 1. The Labute approximate surface area is 161 Å². The molecule has 1 saturated carbocycles. The Morgan fingerprint density at radius 2 is 2.04 bits per heavy atom. The van der Waals surface area contributed by atoms with Crippen LogP contribution < -0.4 is 0 Å². The summed E-state index contributed by atoms with van der Waals surface area (Å²) in [5.41, 5.74) is 1.19. The lowest BCUT2D eigenvalue weighted by atomic mass is 9.90. The zero-order valence-electron chi connectivity index (χ0n) is 15.7. The van der Waals surface area contributed by atoms with E-state index in [4.69, 9.17) is 14.6 Å². The second-order valence-electron chi connectivity index (χ2n) is 7.62. The number of ether oxygens (including phenoxy) is 2. The first-order valence-corrected chi connectivity index (χ1v) is 10.0. The molecule has 2 fully saturated rings. The molecule has 5 heteroatoms. The molecule has 1 aliphatic carbocycles. The number of aliphatic hydroxyl groups is 1. The van der Waals surface area contributed by atoms with E-state index < -0.39 is 12.1 Å². The summed E-state index contributed by atoms with van der Waals surface area (Å²) in [5.74, 6) is -1.00. The highest BCUT2D eigenvalue weighted by Crippen LogP contribution is 2.35. The predicted octanol–water partition coefficient (Wildman–Crippen LogP) is 3.56. The van der Waals surface area contributed by atoms with E-state index in [1.54, 1.807) is 0 Å². The van der Waals surface area contributed by atoms with Gasteiger partial charge in [-0.25, -0.2) is 0 Å².